The lowest BCUT2D eigenvalue weighted by atomic mass is 10.1. The number of hydrogen-bond acceptors (Lipinski definition) is 5. The highest BCUT2D eigenvalue weighted by Gasteiger charge is 2.38. The van der Waals surface area contributed by atoms with E-state index in [9.17, 15) is 8.42 Å². The second-order valence-corrected chi connectivity index (χ2v) is 8.39. The Hall–Kier alpha value is -2.15. The molecule has 2 aliphatic heterocycles. The predicted octanol–water partition coefficient (Wildman–Crippen LogP) is 1.84. The van der Waals surface area contributed by atoms with Gasteiger partial charge >= 0.3 is 0 Å². The summed E-state index contributed by atoms with van der Waals surface area (Å²) in [6.07, 6.45) is 5.68. The van der Waals surface area contributed by atoms with Gasteiger partial charge in [0.25, 0.3) is 0 Å². The summed E-state index contributed by atoms with van der Waals surface area (Å²) >= 11 is 0. The SMILES string of the molecule is O=S(=O)(C1CCCN(c2ncccn2)C1)N1CCc2ccccc21. The van der Waals surface area contributed by atoms with E-state index in [4.69, 9.17) is 0 Å². The molecule has 0 spiro atoms. The molecule has 4 rings (SSSR count). The summed E-state index contributed by atoms with van der Waals surface area (Å²) in [4.78, 5) is 10.5. The molecule has 0 bridgehead atoms. The Labute approximate surface area is 142 Å². The van der Waals surface area contributed by atoms with Crippen molar-refractivity contribution in [3.8, 4) is 0 Å². The molecule has 1 saturated heterocycles. The topological polar surface area (TPSA) is 66.4 Å². The van der Waals surface area contributed by atoms with E-state index in [-0.39, 0.29) is 0 Å². The van der Waals surface area contributed by atoms with Crippen molar-refractivity contribution in [1.82, 2.24) is 9.97 Å². The van der Waals surface area contributed by atoms with Crippen LogP contribution in [0, 0.1) is 0 Å². The highest BCUT2D eigenvalue weighted by atomic mass is 32.2. The van der Waals surface area contributed by atoms with E-state index < -0.39 is 15.3 Å². The quantitative estimate of drug-likeness (QED) is 0.850. The lowest BCUT2D eigenvalue weighted by molar-refractivity contribution is 0.525. The minimum atomic E-state index is -3.38. The highest BCUT2D eigenvalue weighted by Crippen LogP contribution is 2.33. The first-order valence-electron chi connectivity index (χ1n) is 8.28. The van der Waals surface area contributed by atoms with Crippen molar-refractivity contribution in [2.75, 3.05) is 28.8 Å². The van der Waals surface area contributed by atoms with Crippen LogP contribution in [0.15, 0.2) is 42.7 Å². The van der Waals surface area contributed by atoms with Gasteiger partial charge in [0.1, 0.15) is 0 Å². The molecule has 6 nitrogen and oxygen atoms in total. The molecule has 1 atom stereocenters. The van der Waals surface area contributed by atoms with E-state index in [1.165, 1.54) is 0 Å². The fourth-order valence-electron chi connectivity index (χ4n) is 3.57. The van der Waals surface area contributed by atoms with E-state index in [0.29, 0.717) is 25.5 Å². The molecule has 1 aromatic carbocycles. The van der Waals surface area contributed by atoms with Crippen LogP contribution in [0.4, 0.5) is 11.6 Å². The Kier molecular flexibility index (Phi) is 3.88. The maximum atomic E-state index is 13.2. The molecule has 24 heavy (non-hydrogen) atoms. The van der Waals surface area contributed by atoms with E-state index in [1.54, 1.807) is 22.8 Å². The third-order valence-corrected chi connectivity index (χ3v) is 7.01. The molecule has 0 aliphatic carbocycles. The van der Waals surface area contributed by atoms with Crippen molar-refractivity contribution in [2.24, 2.45) is 0 Å². The Bertz CT molecular complexity index is 825. The molecule has 1 fully saturated rings. The summed E-state index contributed by atoms with van der Waals surface area (Å²) in [7, 11) is -3.38. The minimum absolute atomic E-state index is 0.416. The van der Waals surface area contributed by atoms with Gasteiger partial charge in [0.2, 0.25) is 16.0 Å². The molecular formula is C17H20N4O2S. The van der Waals surface area contributed by atoms with Gasteiger partial charge in [0, 0.05) is 32.0 Å². The largest absolute Gasteiger partial charge is 0.339 e. The number of nitrogens with zero attached hydrogens (tertiary/aromatic N) is 4. The van der Waals surface area contributed by atoms with Crippen LogP contribution in [-0.2, 0) is 16.4 Å². The fourth-order valence-corrected chi connectivity index (χ4v) is 5.56. The average Bonchev–Trinajstić information content (AvgIpc) is 3.07. The average molecular weight is 344 g/mol. The minimum Gasteiger partial charge on any atom is -0.339 e. The van der Waals surface area contributed by atoms with Crippen molar-refractivity contribution in [1.29, 1.82) is 0 Å². The van der Waals surface area contributed by atoms with Gasteiger partial charge in [-0.05, 0) is 37.0 Å². The first kappa shape index (κ1) is 15.4. The molecule has 3 heterocycles. The number of aromatic nitrogens is 2. The number of para-hydroxylation sites is 1. The summed E-state index contributed by atoms with van der Waals surface area (Å²) in [6, 6.07) is 9.54. The summed E-state index contributed by atoms with van der Waals surface area (Å²) in [5.74, 6) is 0.610. The van der Waals surface area contributed by atoms with E-state index in [1.807, 2.05) is 29.2 Å². The molecule has 2 aliphatic rings. The lowest BCUT2D eigenvalue weighted by Crippen LogP contribution is -2.48. The zero-order valence-corrected chi connectivity index (χ0v) is 14.2. The number of fused-ring (bicyclic) bond motifs is 1. The summed E-state index contributed by atoms with van der Waals surface area (Å²) < 4.78 is 28.0. The number of piperidine rings is 1. The summed E-state index contributed by atoms with van der Waals surface area (Å²) in [6.45, 7) is 1.79. The Morgan fingerprint density at radius 3 is 2.67 bits per heavy atom. The van der Waals surface area contributed by atoms with Crippen molar-refractivity contribution in [3.63, 3.8) is 0 Å². The van der Waals surface area contributed by atoms with Crippen molar-refractivity contribution >= 4 is 21.7 Å². The Morgan fingerprint density at radius 1 is 1.04 bits per heavy atom. The molecular weight excluding hydrogens is 324 g/mol. The maximum Gasteiger partial charge on any atom is 0.239 e. The number of anilines is 2. The predicted molar refractivity (Wildman–Crippen MR) is 93.7 cm³/mol. The Balaban J connectivity index is 1.59. The van der Waals surface area contributed by atoms with Gasteiger partial charge in [-0.3, -0.25) is 4.31 Å². The molecule has 2 aromatic rings. The van der Waals surface area contributed by atoms with Crippen LogP contribution in [0.5, 0.6) is 0 Å². The molecule has 7 heteroatoms. The fraction of sp³-hybridized carbons (Fsp3) is 0.412. The number of rotatable bonds is 3. The van der Waals surface area contributed by atoms with E-state index in [2.05, 4.69) is 9.97 Å². The van der Waals surface area contributed by atoms with Crippen LogP contribution in [0.1, 0.15) is 18.4 Å². The smallest absolute Gasteiger partial charge is 0.239 e. The van der Waals surface area contributed by atoms with Crippen LogP contribution in [0.2, 0.25) is 0 Å². The van der Waals surface area contributed by atoms with Crippen LogP contribution >= 0.6 is 0 Å². The molecule has 126 valence electrons. The van der Waals surface area contributed by atoms with Crippen LogP contribution < -0.4 is 9.21 Å². The normalized spacial score (nSPS) is 20.9. The van der Waals surface area contributed by atoms with E-state index in [0.717, 1.165) is 30.6 Å². The zero-order chi connectivity index (χ0) is 16.6. The molecule has 0 saturated carbocycles. The third kappa shape index (κ3) is 2.62. The van der Waals surface area contributed by atoms with Gasteiger partial charge in [-0.15, -0.1) is 0 Å². The van der Waals surface area contributed by atoms with Gasteiger partial charge in [-0.25, -0.2) is 18.4 Å². The summed E-state index contributed by atoms with van der Waals surface area (Å²) in [5, 5.41) is -0.416. The van der Waals surface area contributed by atoms with Gasteiger partial charge in [-0.2, -0.15) is 0 Å². The monoisotopic (exact) mass is 344 g/mol. The van der Waals surface area contributed by atoms with Gasteiger partial charge in [0.05, 0.1) is 10.9 Å². The van der Waals surface area contributed by atoms with Gasteiger partial charge < -0.3 is 4.90 Å². The van der Waals surface area contributed by atoms with Gasteiger partial charge in [0.15, 0.2) is 0 Å². The number of hydrogen-bond donors (Lipinski definition) is 0. The van der Waals surface area contributed by atoms with Crippen LogP contribution in [-0.4, -0.2) is 43.3 Å². The van der Waals surface area contributed by atoms with E-state index >= 15 is 0 Å². The molecule has 0 N–H and O–H groups in total. The van der Waals surface area contributed by atoms with Crippen LogP contribution in [0.3, 0.4) is 0 Å². The Morgan fingerprint density at radius 2 is 1.83 bits per heavy atom. The second-order valence-electron chi connectivity index (χ2n) is 6.25. The van der Waals surface area contributed by atoms with Crippen molar-refractivity contribution in [2.45, 2.75) is 24.5 Å². The van der Waals surface area contributed by atoms with Crippen molar-refractivity contribution < 1.29 is 8.42 Å². The maximum absolute atomic E-state index is 13.2. The molecule has 0 radical (unpaired) electrons. The van der Waals surface area contributed by atoms with Crippen molar-refractivity contribution in [3.05, 3.63) is 48.3 Å². The number of sulfonamides is 1. The van der Waals surface area contributed by atoms with Gasteiger partial charge in [-0.1, -0.05) is 18.2 Å². The molecule has 0 amide bonds. The molecule has 1 unspecified atom stereocenters. The zero-order valence-electron chi connectivity index (χ0n) is 13.4. The number of benzene rings is 1. The highest BCUT2D eigenvalue weighted by molar-refractivity contribution is 7.93. The summed E-state index contributed by atoms with van der Waals surface area (Å²) in [5.41, 5.74) is 1.95. The second kappa shape index (κ2) is 6.05. The first-order valence-corrected chi connectivity index (χ1v) is 9.78. The van der Waals surface area contributed by atoms with Crippen LogP contribution in [0.25, 0.3) is 0 Å². The standard InChI is InChI=1S/C17H20N4O2S/c22-24(23,21-12-8-14-5-1-2-7-16(14)21)15-6-3-11-20(13-15)17-18-9-4-10-19-17/h1-2,4-5,7,9-10,15H,3,6,8,11-13H2. The lowest BCUT2D eigenvalue weighted by Gasteiger charge is -2.34. The first-order chi connectivity index (χ1) is 11.7. The third-order valence-electron chi connectivity index (χ3n) is 4.79. The molecule has 1 aromatic heterocycles.